The number of nitrogens with one attached hydrogen (secondary N) is 2. The lowest BCUT2D eigenvalue weighted by Gasteiger charge is -2.61. The highest BCUT2D eigenvalue weighted by Gasteiger charge is 2.57. The molecule has 2 atom stereocenters. The molecule has 0 unspecified atom stereocenters. The van der Waals surface area contributed by atoms with Crippen molar-refractivity contribution in [2.75, 3.05) is 36.8 Å². The van der Waals surface area contributed by atoms with E-state index in [2.05, 4.69) is 41.4 Å². The average Bonchev–Trinajstić information content (AvgIpc) is 3.57. The van der Waals surface area contributed by atoms with Gasteiger partial charge in [-0.15, -0.1) is 0 Å². The number of hydrogen-bond donors (Lipinski definition) is 2. The van der Waals surface area contributed by atoms with Crippen molar-refractivity contribution >= 4 is 32.6 Å². The lowest BCUT2D eigenvalue weighted by Crippen LogP contribution is -2.68. The second-order valence-electron chi connectivity index (χ2n) is 12.2. The van der Waals surface area contributed by atoms with Crippen molar-refractivity contribution in [2.45, 2.75) is 50.0 Å². The summed E-state index contributed by atoms with van der Waals surface area (Å²) in [6.07, 6.45) is 8.09. The minimum Gasteiger partial charge on any atom is -0.477 e. The van der Waals surface area contributed by atoms with E-state index < -0.39 is 15.8 Å². The summed E-state index contributed by atoms with van der Waals surface area (Å²) in [5.74, 6) is 1.44. The molecule has 1 aliphatic heterocycles. The Morgan fingerprint density at radius 2 is 2.02 bits per heavy atom. The van der Waals surface area contributed by atoms with Crippen molar-refractivity contribution in [3.63, 3.8) is 0 Å². The van der Waals surface area contributed by atoms with E-state index in [0.29, 0.717) is 42.3 Å². The van der Waals surface area contributed by atoms with Gasteiger partial charge in [0.2, 0.25) is 0 Å². The second kappa shape index (κ2) is 10.1. The van der Waals surface area contributed by atoms with E-state index in [4.69, 9.17) is 14.7 Å². The Morgan fingerprint density at radius 1 is 1.24 bits per heavy atom. The van der Waals surface area contributed by atoms with Crippen LogP contribution in [0.5, 0.6) is 11.8 Å². The first kappa shape index (κ1) is 26.9. The van der Waals surface area contributed by atoms with E-state index in [1.807, 2.05) is 0 Å². The van der Waals surface area contributed by atoms with Crippen molar-refractivity contribution in [2.24, 2.45) is 17.8 Å². The molecule has 5 fully saturated rings. The zero-order chi connectivity index (χ0) is 29.1. The van der Waals surface area contributed by atoms with E-state index in [9.17, 15) is 13.2 Å². The zero-order valence-electron chi connectivity index (χ0n) is 23.2. The number of pyridine rings is 1. The van der Waals surface area contributed by atoms with Crippen LogP contribution in [0.15, 0.2) is 18.3 Å². The third-order valence-electron chi connectivity index (χ3n) is 8.96. The first-order valence-electron chi connectivity index (χ1n) is 14.3. The highest BCUT2D eigenvalue weighted by Crippen LogP contribution is 2.57. The topological polar surface area (TPSA) is 176 Å². The molecule has 1 amide bonds. The molecular weight excluding hydrogens is 560 g/mol. The van der Waals surface area contributed by atoms with E-state index in [-0.39, 0.29) is 40.9 Å². The average molecular weight is 593 g/mol. The SMILES string of the molecule is CS(=O)(=O)COc1ccnc2n[nH]c(C3CCN(c4cc(C(=O)NC56CC(C5)C6)nc(OC[C@H]5C[C@H]5C#N)n4)CC3)c12. The Morgan fingerprint density at radius 3 is 2.69 bits per heavy atom. The molecule has 5 aliphatic rings. The first-order chi connectivity index (χ1) is 20.2. The van der Waals surface area contributed by atoms with Crippen LogP contribution in [0, 0.1) is 29.1 Å². The molecule has 13 nitrogen and oxygen atoms in total. The molecule has 4 aliphatic carbocycles. The van der Waals surface area contributed by atoms with Gasteiger partial charge in [-0.3, -0.25) is 9.89 Å². The predicted molar refractivity (Wildman–Crippen MR) is 151 cm³/mol. The van der Waals surface area contributed by atoms with Crippen LogP contribution in [0.3, 0.4) is 0 Å². The normalized spacial score (nSPS) is 26.6. The summed E-state index contributed by atoms with van der Waals surface area (Å²) in [6, 6.07) is 5.81. The van der Waals surface area contributed by atoms with Crippen molar-refractivity contribution in [1.29, 1.82) is 5.26 Å². The van der Waals surface area contributed by atoms with E-state index >= 15 is 0 Å². The Hall–Kier alpha value is -3.99. The number of anilines is 1. The number of H-pyrrole nitrogens is 1. The number of sulfone groups is 1. The molecule has 3 aromatic rings. The van der Waals surface area contributed by atoms with Gasteiger partial charge in [-0.05, 0) is 50.5 Å². The number of ether oxygens (including phenoxy) is 2. The molecule has 8 rings (SSSR count). The number of fused-ring (bicyclic) bond motifs is 1. The maximum atomic E-state index is 13.2. The Balaban J connectivity index is 1.08. The number of hydrogen-bond acceptors (Lipinski definition) is 11. The van der Waals surface area contributed by atoms with Crippen molar-refractivity contribution < 1.29 is 22.7 Å². The Labute approximate surface area is 242 Å². The third-order valence-corrected chi connectivity index (χ3v) is 9.50. The maximum absolute atomic E-state index is 13.2. The fourth-order valence-electron chi connectivity index (χ4n) is 6.39. The number of piperidine rings is 1. The van der Waals surface area contributed by atoms with Gasteiger partial charge in [0.1, 0.15) is 17.3 Å². The van der Waals surface area contributed by atoms with Crippen LogP contribution in [-0.2, 0) is 9.84 Å². The molecule has 4 saturated carbocycles. The number of nitriles is 1. The number of carbonyl (C=O) groups excluding carboxylic acids is 1. The van der Waals surface area contributed by atoms with Crippen LogP contribution >= 0.6 is 0 Å². The van der Waals surface area contributed by atoms with Crippen LogP contribution < -0.4 is 19.7 Å². The summed E-state index contributed by atoms with van der Waals surface area (Å²) in [5.41, 5.74) is 1.55. The van der Waals surface area contributed by atoms with Crippen molar-refractivity contribution in [3.8, 4) is 17.8 Å². The first-order valence-corrected chi connectivity index (χ1v) is 16.4. The van der Waals surface area contributed by atoms with Gasteiger partial charge in [-0.25, -0.2) is 13.4 Å². The van der Waals surface area contributed by atoms with Crippen LogP contribution in [0.4, 0.5) is 5.82 Å². The van der Waals surface area contributed by atoms with Gasteiger partial charge in [-0.1, -0.05) is 0 Å². The van der Waals surface area contributed by atoms with Gasteiger partial charge in [0.25, 0.3) is 5.91 Å². The van der Waals surface area contributed by atoms with Crippen LogP contribution in [-0.4, -0.2) is 76.9 Å². The van der Waals surface area contributed by atoms with Crippen molar-refractivity contribution in [3.05, 3.63) is 29.7 Å². The minimum absolute atomic E-state index is 0.00492. The molecule has 0 radical (unpaired) electrons. The highest BCUT2D eigenvalue weighted by atomic mass is 32.2. The van der Waals surface area contributed by atoms with Crippen LogP contribution in [0.25, 0.3) is 11.0 Å². The molecule has 14 heteroatoms. The largest absolute Gasteiger partial charge is 0.477 e. The summed E-state index contributed by atoms with van der Waals surface area (Å²) >= 11 is 0. The van der Waals surface area contributed by atoms with Gasteiger partial charge in [0, 0.05) is 49.0 Å². The standard InChI is InChI=1S/C28H32N8O5S/c1-42(38,39)15-41-21-2-5-30-25-23(21)24(34-35-25)17-3-6-36(7-4-17)22-9-20(26(37)33-28-10-16(11-28)12-28)31-27(32-22)40-14-19-8-18(19)13-29/h2,5,9,16-19H,3-4,6-8,10-12,14-15H2,1H3,(H,33,37)(H,30,34,35)/t16?,18-,19+,28?/m0/s1. The molecule has 0 aromatic carbocycles. The molecule has 4 heterocycles. The number of carbonyl (C=O) groups is 1. The summed E-state index contributed by atoms with van der Waals surface area (Å²) in [5, 5.41) is 20.4. The molecule has 3 aromatic heterocycles. The third kappa shape index (κ3) is 5.21. The summed E-state index contributed by atoms with van der Waals surface area (Å²) in [6.45, 7) is 1.67. The Kier molecular flexibility index (Phi) is 6.45. The summed E-state index contributed by atoms with van der Waals surface area (Å²) in [7, 11) is -3.32. The molecule has 2 bridgehead atoms. The number of nitrogens with zero attached hydrogens (tertiary/aromatic N) is 6. The monoisotopic (exact) mass is 592 g/mol. The summed E-state index contributed by atoms with van der Waals surface area (Å²) in [4.78, 5) is 28.7. The predicted octanol–water partition coefficient (Wildman–Crippen LogP) is 2.33. The molecule has 220 valence electrons. The zero-order valence-corrected chi connectivity index (χ0v) is 24.1. The minimum atomic E-state index is -3.32. The fraction of sp³-hybridized carbons (Fsp3) is 0.571. The number of rotatable bonds is 10. The van der Waals surface area contributed by atoms with Gasteiger partial charge in [0.05, 0.1) is 29.7 Å². The maximum Gasteiger partial charge on any atom is 0.319 e. The van der Waals surface area contributed by atoms with E-state index in [0.717, 1.165) is 56.4 Å². The molecule has 42 heavy (non-hydrogen) atoms. The highest BCUT2D eigenvalue weighted by molar-refractivity contribution is 7.90. The number of aromatic amines is 1. The molecule has 1 saturated heterocycles. The molecule has 2 N–H and O–H groups in total. The fourth-order valence-corrected chi connectivity index (χ4v) is 6.73. The van der Waals surface area contributed by atoms with Gasteiger partial charge >= 0.3 is 6.01 Å². The Bertz CT molecular complexity index is 1680. The van der Waals surface area contributed by atoms with Gasteiger partial charge in [-0.2, -0.15) is 20.3 Å². The quantitative estimate of drug-likeness (QED) is 0.353. The van der Waals surface area contributed by atoms with Crippen molar-refractivity contribution in [1.82, 2.24) is 30.5 Å². The van der Waals surface area contributed by atoms with Gasteiger partial charge in [0.15, 0.2) is 21.4 Å². The van der Waals surface area contributed by atoms with Gasteiger partial charge < -0.3 is 19.7 Å². The summed E-state index contributed by atoms with van der Waals surface area (Å²) < 4.78 is 34.9. The lowest BCUT2D eigenvalue weighted by molar-refractivity contribution is -0.0439. The van der Waals surface area contributed by atoms with Crippen LogP contribution in [0.1, 0.15) is 60.6 Å². The molecular formula is C28H32N8O5S. The second-order valence-corrected chi connectivity index (χ2v) is 14.3. The van der Waals surface area contributed by atoms with E-state index in [1.54, 1.807) is 18.3 Å². The smallest absolute Gasteiger partial charge is 0.319 e. The number of aromatic nitrogens is 5. The number of amides is 1. The molecule has 0 spiro atoms. The van der Waals surface area contributed by atoms with E-state index in [1.165, 1.54) is 0 Å². The van der Waals surface area contributed by atoms with Crippen LogP contribution in [0.2, 0.25) is 0 Å². The lowest BCUT2D eigenvalue weighted by atomic mass is 9.50.